The summed E-state index contributed by atoms with van der Waals surface area (Å²) >= 11 is 1.35. The van der Waals surface area contributed by atoms with Gasteiger partial charge in [-0.1, -0.05) is 11.3 Å². The van der Waals surface area contributed by atoms with E-state index >= 15 is 0 Å². The first-order valence-corrected chi connectivity index (χ1v) is 10.7. The summed E-state index contributed by atoms with van der Waals surface area (Å²) in [5.74, 6) is -1.26. The SMILES string of the molecule is COC(=N)c1cnc(N2CC(NC(=O)[C@H]3C[C@H](Oc4cc(F)ccc4OC(F)F)C3)C2)s1. The minimum Gasteiger partial charge on any atom is -0.486 e. The molecule has 12 heteroatoms. The summed E-state index contributed by atoms with van der Waals surface area (Å²) in [4.78, 5) is 19.4. The number of alkyl halides is 2. The Balaban J connectivity index is 1.21. The van der Waals surface area contributed by atoms with E-state index in [1.807, 2.05) is 4.90 Å². The van der Waals surface area contributed by atoms with Crippen LogP contribution in [-0.4, -0.2) is 55.7 Å². The lowest BCUT2D eigenvalue weighted by Crippen LogP contribution is -2.61. The second kappa shape index (κ2) is 9.23. The number of amides is 1. The fourth-order valence-corrected chi connectivity index (χ4v) is 4.35. The van der Waals surface area contributed by atoms with Gasteiger partial charge in [0, 0.05) is 25.1 Å². The van der Waals surface area contributed by atoms with Crippen molar-refractivity contribution in [2.75, 3.05) is 25.1 Å². The maximum absolute atomic E-state index is 13.5. The molecular formula is C20H21F3N4O4S. The number of nitrogens with zero attached hydrogens (tertiary/aromatic N) is 2. The Kier molecular flexibility index (Phi) is 6.40. The van der Waals surface area contributed by atoms with E-state index in [4.69, 9.17) is 14.9 Å². The van der Waals surface area contributed by atoms with Gasteiger partial charge in [0.1, 0.15) is 16.8 Å². The Bertz CT molecular complexity index is 993. The number of carbonyl (C=O) groups excluding carboxylic acids is 1. The number of ether oxygens (including phenoxy) is 3. The van der Waals surface area contributed by atoms with Gasteiger partial charge in [0.2, 0.25) is 11.8 Å². The molecule has 0 unspecified atom stereocenters. The fourth-order valence-electron chi connectivity index (χ4n) is 3.48. The molecule has 0 radical (unpaired) electrons. The predicted octanol–water partition coefficient (Wildman–Crippen LogP) is 3.02. The number of benzene rings is 1. The highest BCUT2D eigenvalue weighted by Gasteiger charge is 2.39. The molecule has 2 N–H and O–H groups in total. The van der Waals surface area contributed by atoms with Crippen molar-refractivity contribution in [2.45, 2.75) is 31.6 Å². The number of nitrogens with one attached hydrogen (secondary N) is 2. The molecule has 1 aliphatic carbocycles. The number of halogens is 3. The van der Waals surface area contributed by atoms with Crippen molar-refractivity contribution in [3.05, 3.63) is 35.1 Å². The number of carbonyl (C=O) groups is 1. The molecule has 0 bridgehead atoms. The molecule has 0 spiro atoms. The van der Waals surface area contributed by atoms with Gasteiger partial charge in [-0.15, -0.1) is 0 Å². The largest absolute Gasteiger partial charge is 0.486 e. The van der Waals surface area contributed by atoms with Crippen LogP contribution in [-0.2, 0) is 9.53 Å². The number of aromatic nitrogens is 1. The molecule has 32 heavy (non-hydrogen) atoms. The predicted molar refractivity (Wildman–Crippen MR) is 110 cm³/mol. The summed E-state index contributed by atoms with van der Waals surface area (Å²) in [6.45, 7) is -1.82. The molecule has 1 saturated carbocycles. The number of hydrogen-bond donors (Lipinski definition) is 2. The fraction of sp³-hybridized carbons (Fsp3) is 0.450. The van der Waals surface area contributed by atoms with E-state index in [9.17, 15) is 18.0 Å². The molecule has 1 aliphatic heterocycles. The zero-order valence-corrected chi connectivity index (χ0v) is 17.8. The van der Waals surface area contributed by atoms with Gasteiger partial charge in [-0.2, -0.15) is 8.78 Å². The number of methoxy groups -OCH3 is 1. The van der Waals surface area contributed by atoms with Crippen molar-refractivity contribution in [3.63, 3.8) is 0 Å². The summed E-state index contributed by atoms with van der Waals surface area (Å²) < 4.78 is 53.3. The van der Waals surface area contributed by atoms with Crippen molar-refractivity contribution < 1.29 is 32.2 Å². The number of rotatable bonds is 8. The first-order valence-electron chi connectivity index (χ1n) is 9.87. The molecule has 4 rings (SSSR count). The zero-order valence-electron chi connectivity index (χ0n) is 17.0. The quantitative estimate of drug-likeness (QED) is 0.455. The van der Waals surface area contributed by atoms with E-state index in [1.165, 1.54) is 18.4 Å². The van der Waals surface area contributed by atoms with Crippen LogP contribution >= 0.6 is 11.3 Å². The standard InChI is InChI=1S/C20H21F3N4O4S/c1-29-17(24)16-7-25-20(32-16)27-8-12(9-27)26-18(28)10-4-13(5-10)30-15-6-11(21)2-3-14(15)31-19(22)23/h2-3,6-7,10,12-13,19,24H,4-5,8-9H2,1H3,(H,26,28)/t10-,13-. The van der Waals surface area contributed by atoms with Crippen LogP contribution in [0.25, 0.3) is 0 Å². The lowest BCUT2D eigenvalue weighted by molar-refractivity contribution is -0.131. The smallest absolute Gasteiger partial charge is 0.387 e. The molecule has 0 atom stereocenters. The van der Waals surface area contributed by atoms with Crippen LogP contribution in [0, 0.1) is 17.1 Å². The highest BCUT2D eigenvalue weighted by atomic mass is 32.1. The van der Waals surface area contributed by atoms with Gasteiger partial charge < -0.3 is 24.4 Å². The van der Waals surface area contributed by atoms with E-state index in [0.29, 0.717) is 30.8 Å². The Morgan fingerprint density at radius 2 is 2.06 bits per heavy atom. The van der Waals surface area contributed by atoms with Crippen molar-refractivity contribution >= 4 is 28.3 Å². The zero-order chi connectivity index (χ0) is 22.8. The molecule has 1 amide bonds. The maximum Gasteiger partial charge on any atom is 0.387 e. The monoisotopic (exact) mass is 470 g/mol. The Morgan fingerprint density at radius 3 is 2.75 bits per heavy atom. The van der Waals surface area contributed by atoms with E-state index in [2.05, 4.69) is 15.0 Å². The summed E-state index contributed by atoms with van der Waals surface area (Å²) in [6, 6.07) is 3.08. The minimum atomic E-state index is -3.05. The van der Waals surface area contributed by atoms with Crippen LogP contribution in [0.15, 0.2) is 24.4 Å². The summed E-state index contributed by atoms with van der Waals surface area (Å²) in [6.07, 6.45) is 2.02. The van der Waals surface area contributed by atoms with E-state index in [-0.39, 0.29) is 41.4 Å². The maximum atomic E-state index is 13.5. The molecule has 172 valence electrons. The highest BCUT2D eigenvalue weighted by molar-refractivity contribution is 7.17. The van der Waals surface area contributed by atoms with E-state index < -0.39 is 12.4 Å². The van der Waals surface area contributed by atoms with Crippen LogP contribution in [0.5, 0.6) is 11.5 Å². The van der Waals surface area contributed by atoms with Gasteiger partial charge in [-0.3, -0.25) is 10.2 Å². The second-order valence-corrected chi connectivity index (χ2v) is 8.54. The Morgan fingerprint density at radius 1 is 1.31 bits per heavy atom. The van der Waals surface area contributed by atoms with Gasteiger partial charge in [-0.25, -0.2) is 9.37 Å². The van der Waals surface area contributed by atoms with Gasteiger partial charge in [0.05, 0.1) is 19.3 Å². The molecule has 2 aliphatic rings. The third-order valence-corrected chi connectivity index (χ3v) is 6.36. The molecule has 2 heterocycles. The third kappa shape index (κ3) is 4.90. The number of anilines is 1. The van der Waals surface area contributed by atoms with Gasteiger partial charge in [0.25, 0.3) is 0 Å². The Labute approximate surface area is 185 Å². The molecule has 8 nitrogen and oxygen atoms in total. The average molecular weight is 470 g/mol. The van der Waals surface area contributed by atoms with Gasteiger partial charge >= 0.3 is 6.61 Å². The third-order valence-electron chi connectivity index (χ3n) is 5.30. The van der Waals surface area contributed by atoms with Crippen molar-refractivity contribution in [1.82, 2.24) is 10.3 Å². The van der Waals surface area contributed by atoms with E-state index in [1.54, 1.807) is 6.20 Å². The molecule has 2 fully saturated rings. The van der Waals surface area contributed by atoms with Crippen LogP contribution in [0.1, 0.15) is 17.7 Å². The normalized spacial score (nSPS) is 20.3. The summed E-state index contributed by atoms with van der Waals surface area (Å²) in [5.41, 5.74) is 0. The summed E-state index contributed by atoms with van der Waals surface area (Å²) in [7, 11) is 1.43. The first kappa shape index (κ1) is 22.2. The van der Waals surface area contributed by atoms with Crippen LogP contribution in [0.2, 0.25) is 0 Å². The number of thiazole rings is 1. The lowest BCUT2D eigenvalue weighted by atomic mass is 9.81. The van der Waals surface area contributed by atoms with Crippen molar-refractivity contribution in [1.29, 1.82) is 5.41 Å². The van der Waals surface area contributed by atoms with Crippen LogP contribution < -0.4 is 19.7 Å². The molecule has 1 aromatic heterocycles. The molecule has 1 saturated heterocycles. The van der Waals surface area contributed by atoms with Crippen LogP contribution in [0.3, 0.4) is 0 Å². The molecule has 1 aromatic carbocycles. The molecular weight excluding hydrogens is 449 g/mol. The number of hydrogen-bond acceptors (Lipinski definition) is 8. The second-order valence-electron chi connectivity index (χ2n) is 7.53. The van der Waals surface area contributed by atoms with Crippen molar-refractivity contribution in [3.8, 4) is 11.5 Å². The van der Waals surface area contributed by atoms with E-state index in [0.717, 1.165) is 23.3 Å². The average Bonchev–Trinajstić information content (AvgIpc) is 3.17. The summed E-state index contributed by atoms with van der Waals surface area (Å²) in [5, 5.41) is 11.4. The Hall–Kier alpha value is -3.02. The topological polar surface area (TPSA) is 96.8 Å². The first-order chi connectivity index (χ1) is 15.3. The van der Waals surface area contributed by atoms with Crippen LogP contribution in [0.4, 0.5) is 18.3 Å². The molecule has 2 aromatic rings. The van der Waals surface area contributed by atoms with Gasteiger partial charge in [-0.05, 0) is 25.0 Å². The van der Waals surface area contributed by atoms with Gasteiger partial charge in [0.15, 0.2) is 16.6 Å². The highest BCUT2D eigenvalue weighted by Crippen LogP contribution is 2.37. The minimum absolute atomic E-state index is 0.00837. The lowest BCUT2D eigenvalue weighted by Gasteiger charge is -2.41. The van der Waals surface area contributed by atoms with Crippen molar-refractivity contribution in [2.24, 2.45) is 5.92 Å².